The predicted octanol–water partition coefficient (Wildman–Crippen LogP) is 5.16. The molecule has 0 atom stereocenters. The monoisotopic (exact) mass is 281 g/mol. The van der Waals surface area contributed by atoms with Gasteiger partial charge < -0.3 is 0 Å². The van der Waals surface area contributed by atoms with Crippen molar-refractivity contribution in [2.24, 2.45) is 0 Å². The molecule has 1 nitrogen and oxygen atoms in total. The van der Waals surface area contributed by atoms with Gasteiger partial charge in [-0.05, 0) is 30.0 Å². The summed E-state index contributed by atoms with van der Waals surface area (Å²) in [7, 11) is 0. The van der Waals surface area contributed by atoms with Crippen LogP contribution in [0.1, 0.15) is 43.5 Å². The smallest absolute Gasteiger partial charge is 0.243 e. The Bertz CT molecular complexity index is 602. The van der Waals surface area contributed by atoms with E-state index in [1.54, 1.807) is 12.1 Å². The summed E-state index contributed by atoms with van der Waals surface area (Å²) < 4.78 is 39.8. The molecule has 0 unspecified atom stereocenters. The number of aryl methyl sites for hydroxylation is 1. The van der Waals surface area contributed by atoms with Crippen LogP contribution in [0.3, 0.4) is 0 Å². The maximum Gasteiger partial charge on any atom is 0.433 e. The fourth-order valence-electron chi connectivity index (χ4n) is 2.61. The van der Waals surface area contributed by atoms with E-state index in [4.69, 9.17) is 0 Å². The molecule has 0 N–H and O–H groups in total. The number of aromatic nitrogens is 1. The highest BCUT2D eigenvalue weighted by atomic mass is 19.4. The van der Waals surface area contributed by atoms with Gasteiger partial charge in [-0.2, -0.15) is 13.2 Å². The van der Waals surface area contributed by atoms with Crippen LogP contribution >= 0.6 is 0 Å². The van der Waals surface area contributed by atoms with Gasteiger partial charge in [0.2, 0.25) is 0 Å². The number of hydrogen-bond acceptors (Lipinski definition) is 1. The van der Waals surface area contributed by atoms with Gasteiger partial charge in [-0.15, -0.1) is 0 Å². The number of rotatable bonds is 4. The van der Waals surface area contributed by atoms with E-state index < -0.39 is 11.9 Å². The third kappa shape index (κ3) is 2.79. The normalized spacial score (nSPS) is 12.1. The molecule has 1 aromatic heterocycles. The zero-order valence-corrected chi connectivity index (χ0v) is 11.7. The van der Waals surface area contributed by atoms with Gasteiger partial charge in [-0.3, -0.25) is 0 Å². The van der Waals surface area contributed by atoms with E-state index in [0.717, 1.165) is 17.4 Å². The molecular formula is C16H18F3N. The average Bonchev–Trinajstić information content (AvgIpc) is 2.40. The number of pyridine rings is 1. The zero-order chi connectivity index (χ0) is 14.8. The lowest BCUT2D eigenvalue weighted by Gasteiger charge is -2.18. The Balaban J connectivity index is 2.80. The maximum atomic E-state index is 13.3. The van der Waals surface area contributed by atoms with Gasteiger partial charge in [-0.1, -0.05) is 44.9 Å². The second-order valence-electron chi connectivity index (χ2n) is 4.93. The molecule has 0 saturated carbocycles. The number of fused-ring (bicyclic) bond motifs is 1. The van der Waals surface area contributed by atoms with Crippen LogP contribution in [0, 0.1) is 0 Å². The number of nitrogens with zero attached hydrogens (tertiary/aromatic N) is 1. The molecular weight excluding hydrogens is 263 g/mol. The van der Waals surface area contributed by atoms with Crippen molar-refractivity contribution in [1.29, 1.82) is 0 Å². The number of alkyl halides is 3. The summed E-state index contributed by atoms with van der Waals surface area (Å²) in [6.45, 7) is 3.88. The Hall–Kier alpha value is -1.58. The number of halogens is 3. The molecule has 1 heterocycles. The Labute approximate surface area is 116 Å². The van der Waals surface area contributed by atoms with Gasteiger partial charge >= 0.3 is 6.18 Å². The first kappa shape index (κ1) is 14.8. The Morgan fingerprint density at radius 2 is 1.55 bits per heavy atom. The van der Waals surface area contributed by atoms with E-state index >= 15 is 0 Å². The Morgan fingerprint density at radius 1 is 0.950 bits per heavy atom. The van der Waals surface area contributed by atoms with Crippen molar-refractivity contribution in [2.75, 3.05) is 0 Å². The minimum Gasteiger partial charge on any atom is -0.243 e. The second-order valence-corrected chi connectivity index (χ2v) is 4.93. The molecule has 1 aromatic carbocycles. The van der Waals surface area contributed by atoms with Crippen LogP contribution in [0.2, 0.25) is 0 Å². The van der Waals surface area contributed by atoms with Crippen LogP contribution < -0.4 is 0 Å². The van der Waals surface area contributed by atoms with Gasteiger partial charge in [0.15, 0.2) is 0 Å². The van der Waals surface area contributed by atoms with Gasteiger partial charge in [-0.25, -0.2) is 4.98 Å². The molecule has 4 heteroatoms. The average molecular weight is 281 g/mol. The Kier molecular flexibility index (Phi) is 4.31. The molecule has 0 amide bonds. The van der Waals surface area contributed by atoms with Crippen molar-refractivity contribution in [1.82, 2.24) is 4.98 Å². The lowest BCUT2D eigenvalue weighted by atomic mass is 9.94. The summed E-state index contributed by atoms with van der Waals surface area (Å²) in [6, 6.07) is 7.10. The first-order valence-corrected chi connectivity index (χ1v) is 6.96. The lowest BCUT2D eigenvalue weighted by molar-refractivity contribution is -0.141. The molecule has 108 valence electrons. The van der Waals surface area contributed by atoms with E-state index in [1.807, 2.05) is 26.0 Å². The first-order chi connectivity index (χ1) is 9.49. The number of hydrogen-bond donors (Lipinski definition) is 0. The van der Waals surface area contributed by atoms with Crippen LogP contribution in [0.4, 0.5) is 13.2 Å². The molecule has 0 spiro atoms. The molecule has 0 aliphatic rings. The van der Waals surface area contributed by atoms with Crippen LogP contribution in [-0.2, 0) is 19.0 Å². The largest absolute Gasteiger partial charge is 0.433 e. The van der Waals surface area contributed by atoms with Crippen LogP contribution in [0.25, 0.3) is 10.9 Å². The third-order valence-corrected chi connectivity index (χ3v) is 3.38. The van der Waals surface area contributed by atoms with Gasteiger partial charge in [0.1, 0.15) is 5.69 Å². The molecule has 2 rings (SSSR count). The SMILES string of the molecule is CCCc1c(C(F)(F)F)nc2ccccc2c1CCC. The van der Waals surface area contributed by atoms with Crippen molar-refractivity contribution >= 4 is 10.9 Å². The summed E-state index contributed by atoms with van der Waals surface area (Å²) >= 11 is 0. The lowest BCUT2D eigenvalue weighted by Crippen LogP contribution is -2.15. The molecule has 20 heavy (non-hydrogen) atoms. The van der Waals surface area contributed by atoms with Crippen molar-refractivity contribution in [2.45, 2.75) is 45.7 Å². The standard InChI is InChI=1S/C16H18F3N/c1-3-7-11-12-9-5-6-10-14(12)20-15(16(17,18)19)13(11)8-4-2/h5-6,9-10H,3-4,7-8H2,1-2H3. The van der Waals surface area contributed by atoms with Gasteiger partial charge in [0.05, 0.1) is 5.52 Å². The molecule has 0 bridgehead atoms. The summed E-state index contributed by atoms with van der Waals surface area (Å²) in [5, 5.41) is 0.853. The minimum absolute atomic E-state index is 0.376. The van der Waals surface area contributed by atoms with Crippen molar-refractivity contribution in [3.8, 4) is 0 Å². The summed E-state index contributed by atoms with van der Waals surface area (Å²) in [6.07, 6.45) is -1.82. The van der Waals surface area contributed by atoms with Crippen LogP contribution in [0.15, 0.2) is 24.3 Å². The van der Waals surface area contributed by atoms with E-state index in [2.05, 4.69) is 4.98 Å². The van der Waals surface area contributed by atoms with Crippen molar-refractivity contribution in [3.05, 3.63) is 41.1 Å². The highest BCUT2D eigenvalue weighted by Gasteiger charge is 2.36. The van der Waals surface area contributed by atoms with Crippen molar-refractivity contribution in [3.63, 3.8) is 0 Å². The van der Waals surface area contributed by atoms with Gasteiger partial charge in [0, 0.05) is 5.39 Å². The topological polar surface area (TPSA) is 12.9 Å². The molecule has 0 fully saturated rings. The van der Waals surface area contributed by atoms with E-state index in [9.17, 15) is 13.2 Å². The maximum absolute atomic E-state index is 13.3. The summed E-state index contributed by atoms with van der Waals surface area (Å²) in [4.78, 5) is 3.88. The quantitative estimate of drug-likeness (QED) is 0.754. The molecule has 0 saturated heterocycles. The summed E-state index contributed by atoms with van der Waals surface area (Å²) in [5.74, 6) is 0. The zero-order valence-electron chi connectivity index (χ0n) is 11.7. The number of para-hydroxylation sites is 1. The molecule has 0 aliphatic heterocycles. The van der Waals surface area contributed by atoms with E-state index in [-0.39, 0.29) is 0 Å². The second kappa shape index (κ2) is 5.81. The van der Waals surface area contributed by atoms with E-state index in [0.29, 0.717) is 30.3 Å². The fourth-order valence-corrected chi connectivity index (χ4v) is 2.61. The molecule has 2 aromatic rings. The molecule has 0 radical (unpaired) electrons. The van der Waals surface area contributed by atoms with Crippen molar-refractivity contribution < 1.29 is 13.2 Å². The highest BCUT2D eigenvalue weighted by Crippen LogP contribution is 2.36. The first-order valence-electron chi connectivity index (χ1n) is 6.96. The summed E-state index contributed by atoms with van der Waals surface area (Å²) in [5.41, 5.74) is 0.914. The van der Waals surface area contributed by atoms with Crippen LogP contribution in [0.5, 0.6) is 0 Å². The van der Waals surface area contributed by atoms with Gasteiger partial charge in [0.25, 0.3) is 0 Å². The third-order valence-electron chi connectivity index (χ3n) is 3.38. The van der Waals surface area contributed by atoms with Crippen LogP contribution in [-0.4, -0.2) is 4.98 Å². The minimum atomic E-state index is -4.39. The predicted molar refractivity (Wildman–Crippen MR) is 74.7 cm³/mol. The fraction of sp³-hybridized carbons (Fsp3) is 0.438. The Morgan fingerprint density at radius 3 is 2.15 bits per heavy atom. The number of benzene rings is 1. The van der Waals surface area contributed by atoms with E-state index in [1.165, 1.54) is 0 Å². The highest BCUT2D eigenvalue weighted by molar-refractivity contribution is 5.83. The molecule has 0 aliphatic carbocycles.